The van der Waals surface area contributed by atoms with Crippen LogP contribution in [0.5, 0.6) is 5.75 Å². The molecule has 0 spiro atoms. The van der Waals surface area contributed by atoms with Crippen molar-refractivity contribution in [2.24, 2.45) is 5.92 Å². The Hall–Kier alpha value is -2.78. The van der Waals surface area contributed by atoms with Crippen molar-refractivity contribution in [1.29, 1.82) is 0 Å². The monoisotopic (exact) mass is 353 g/mol. The van der Waals surface area contributed by atoms with E-state index < -0.39 is 0 Å². The smallest absolute Gasteiger partial charge is 0.271 e. The highest BCUT2D eigenvalue weighted by Gasteiger charge is 2.25. The lowest BCUT2D eigenvalue weighted by Gasteiger charge is -2.32. The third kappa shape index (κ3) is 4.24. The fourth-order valence-electron chi connectivity index (χ4n) is 3.20. The molecule has 6 heteroatoms. The molecule has 0 bridgehead atoms. The first-order chi connectivity index (χ1) is 12.7. The number of nitrogens with one attached hydrogen (secondary N) is 1. The fourth-order valence-corrected chi connectivity index (χ4v) is 3.20. The van der Waals surface area contributed by atoms with Crippen LogP contribution in [0.2, 0.25) is 0 Å². The zero-order chi connectivity index (χ0) is 18.4. The highest BCUT2D eigenvalue weighted by molar-refractivity contribution is 5.93. The van der Waals surface area contributed by atoms with Crippen LogP contribution in [0.4, 0.5) is 0 Å². The molecule has 1 atom stereocenters. The molecule has 1 aromatic carbocycles. The summed E-state index contributed by atoms with van der Waals surface area (Å²) in [7, 11) is 1.62. The largest absolute Gasteiger partial charge is 0.497 e. The van der Waals surface area contributed by atoms with Crippen LogP contribution < -0.4 is 4.74 Å². The van der Waals surface area contributed by atoms with E-state index in [9.17, 15) is 4.79 Å². The number of likely N-dealkylation sites (tertiary alicyclic amines) is 1. The average Bonchev–Trinajstić information content (AvgIpc) is 3.18. The maximum Gasteiger partial charge on any atom is 0.271 e. The first-order valence-corrected chi connectivity index (χ1v) is 8.71. The van der Waals surface area contributed by atoms with E-state index >= 15 is 0 Å². The normalized spacial score (nSPS) is 16.9. The van der Waals surface area contributed by atoms with Gasteiger partial charge in [-0.15, -0.1) is 6.42 Å². The Morgan fingerprint density at radius 1 is 1.46 bits per heavy atom. The van der Waals surface area contributed by atoms with Gasteiger partial charge >= 0.3 is 0 Å². The van der Waals surface area contributed by atoms with Gasteiger partial charge in [0.15, 0.2) is 0 Å². The highest BCUT2D eigenvalue weighted by Crippen LogP contribution is 2.24. The summed E-state index contributed by atoms with van der Waals surface area (Å²) in [5, 5.41) is 7.15. The molecule has 6 nitrogen and oxygen atoms in total. The van der Waals surface area contributed by atoms with Gasteiger partial charge in [0.1, 0.15) is 18.1 Å². The van der Waals surface area contributed by atoms with Crippen LogP contribution in [0.25, 0.3) is 11.3 Å². The third-order valence-electron chi connectivity index (χ3n) is 4.52. The number of piperidine rings is 1. The zero-order valence-corrected chi connectivity index (χ0v) is 14.9. The molecular formula is C20H23N3O3. The van der Waals surface area contributed by atoms with E-state index in [-0.39, 0.29) is 5.91 Å². The number of carbonyl (C=O) groups is 1. The number of terminal acetylenes is 1. The van der Waals surface area contributed by atoms with Gasteiger partial charge in [-0.3, -0.25) is 9.89 Å². The molecule has 0 aliphatic carbocycles. The van der Waals surface area contributed by atoms with Gasteiger partial charge in [-0.1, -0.05) is 18.1 Å². The lowest BCUT2D eigenvalue weighted by molar-refractivity contribution is 0.0529. The quantitative estimate of drug-likeness (QED) is 0.640. The molecule has 136 valence electrons. The van der Waals surface area contributed by atoms with E-state index in [1.807, 2.05) is 29.2 Å². The Kier molecular flexibility index (Phi) is 5.92. The van der Waals surface area contributed by atoms with Crippen LogP contribution in [0.1, 0.15) is 23.3 Å². The van der Waals surface area contributed by atoms with Crippen LogP contribution >= 0.6 is 0 Å². The molecule has 1 fully saturated rings. The van der Waals surface area contributed by atoms with Crippen LogP contribution in [0.3, 0.4) is 0 Å². The van der Waals surface area contributed by atoms with Gasteiger partial charge in [-0.05, 0) is 31.0 Å². The highest BCUT2D eigenvalue weighted by atomic mass is 16.5. The number of hydrogen-bond acceptors (Lipinski definition) is 4. The fraction of sp³-hybridized carbons (Fsp3) is 0.400. The molecule has 2 aromatic rings. The Labute approximate surface area is 153 Å². The SMILES string of the molecule is C#CCOCC1CCCN(C(=O)c2cc(-c3cccc(OC)c3)n[nH]2)C1. The summed E-state index contributed by atoms with van der Waals surface area (Å²) in [5.74, 6) is 3.51. The van der Waals surface area contributed by atoms with Crippen molar-refractivity contribution in [3.05, 3.63) is 36.0 Å². The summed E-state index contributed by atoms with van der Waals surface area (Å²) in [4.78, 5) is 14.7. The first kappa shape index (κ1) is 18.0. The Balaban J connectivity index is 1.66. The standard InChI is InChI=1S/C20H23N3O3/c1-3-10-26-14-15-6-5-9-23(13-15)20(24)19-12-18(21-22-19)16-7-4-8-17(11-16)25-2/h1,4,7-8,11-12,15H,5-6,9-10,13-14H2,2H3,(H,21,22). The van der Waals surface area contributed by atoms with Crippen molar-refractivity contribution < 1.29 is 14.3 Å². The van der Waals surface area contributed by atoms with Gasteiger partial charge < -0.3 is 14.4 Å². The van der Waals surface area contributed by atoms with E-state index in [1.165, 1.54) is 0 Å². The van der Waals surface area contributed by atoms with Crippen LogP contribution in [-0.2, 0) is 4.74 Å². The molecule has 1 amide bonds. The predicted octanol–water partition coefficient (Wildman–Crippen LogP) is 2.59. The minimum atomic E-state index is -0.0340. The summed E-state index contributed by atoms with van der Waals surface area (Å²) >= 11 is 0. The number of carbonyl (C=O) groups excluding carboxylic acids is 1. The minimum absolute atomic E-state index is 0.0340. The van der Waals surface area contributed by atoms with E-state index in [0.29, 0.717) is 31.4 Å². The summed E-state index contributed by atoms with van der Waals surface area (Å²) in [6, 6.07) is 9.39. The molecule has 0 saturated carbocycles. The maximum absolute atomic E-state index is 12.8. The number of amides is 1. The molecule has 1 aromatic heterocycles. The molecular weight excluding hydrogens is 330 g/mol. The number of methoxy groups -OCH3 is 1. The number of hydrogen-bond donors (Lipinski definition) is 1. The van der Waals surface area contributed by atoms with Gasteiger partial charge in [0, 0.05) is 24.6 Å². The molecule has 3 rings (SSSR count). The Morgan fingerprint density at radius 3 is 3.15 bits per heavy atom. The van der Waals surface area contributed by atoms with Crippen molar-refractivity contribution in [3.63, 3.8) is 0 Å². The molecule has 2 heterocycles. The van der Waals surface area contributed by atoms with E-state index in [1.54, 1.807) is 13.2 Å². The second-order valence-corrected chi connectivity index (χ2v) is 6.38. The third-order valence-corrected chi connectivity index (χ3v) is 4.52. The van der Waals surface area contributed by atoms with Gasteiger partial charge in [-0.25, -0.2) is 0 Å². The zero-order valence-electron chi connectivity index (χ0n) is 14.9. The number of rotatable bonds is 6. The number of benzene rings is 1. The predicted molar refractivity (Wildman–Crippen MR) is 98.9 cm³/mol. The van der Waals surface area contributed by atoms with Crippen molar-refractivity contribution in [3.8, 4) is 29.4 Å². The van der Waals surface area contributed by atoms with Gasteiger partial charge in [-0.2, -0.15) is 5.10 Å². The second kappa shape index (κ2) is 8.54. The van der Waals surface area contributed by atoms with Gasteiger partial charge in [0.05, 0.1) is 19.4 Å². The molecule has 1 aliphatic rings. The summed E-state index contributed by atoms with van der Waals surface area (Å²) < 4.78 is 10.7. The molecule has 0 radical (unpaired) electrons. The minimum Gasteiger partial charge on any atom is -0.497 e. The van der Waals surface area contributed by atoms with Crippen molar-refractivity contribution in [1.82, 2.24) is 15.1 Å². The van der Waals surface area contributed by atoms with Crippen molar-refractivity contribution >= 4 is 5.91 Å². The molecule has 26 heavy (non-hydrogen) atoms. The van der Waals surface area contributed by atoms with Crippen LogP contribution in [0, 0.1) is 18.3 Å². The Bertz CT molecular complexity index is 794. The average molecular weight is 353 g/mol. The molecule has 1 N–H and O–H groups in total. The molecule has 1 aliphatic heterocycles. The second-order valence-electron chi connectivity index (χ2n) is 6.38. The summed E-state index contributed by atoms with van der Waals surface area (Å²) in [5.41, 5.74) is 2.12. The first-order valence-electron chi connectivity index (χ1n) is 8.71. The maximum atomic E-state index is 12.8. The lowest BCUT2D eigenvalue weighted by Crippen LogP contribution is -2.41. The van der Waals surface area contributed by atoms with Crippen LogP contribution in [0.15, 0.2) is 30.3 Å². The topological polar surface area (TPSA) is 67.4 Å². The number of ether oxygens (including phenoxy) is 2. The number of nitrogens with zero attached hydrogens (tertiary/aromatic N) is 2. The molecule has 1 unspecified atom stereocenters. The summed E-state index contributed by atoms with van der Waals surface area (Å²) in [6.07, 6.45) is 7.22. The number of aromatic nitrogens is 2. The lowest BCUT2D eigenvalue weighted by atomic mass is 9.98. The van der Waals surface area contributed by atoms with E-state index in [4.69, 9.17) is 15.9 Å². The van der Waals surface area contributed by atoms with Crippen LogP contribution in [-0.4, -0.2) is 54.4 Å². The van der Waals surface area contributed by atoms with E-state index in [2.05, 4.69) is 16.1 Å². The van der Waals surface area contributed by atoms with Gasteiger partial charge in [0.2, 0.25) is 0 Å². The van der Waals surface area contributed by atoms with Crippen molar-refractivity contribution in [2.45, 2.75) is 12.8 Å². The van der Waals surface area contributed by atoms with E-state index in [0.717, 1.165) is 36.4 Å². The summed E-state index contributed by atoms with van der Waals surface area (Å²) in [6.45, 7) is 2.33. The number of H-pyrrole nitrogens is 1. The van der Waals surface area contributed by atoms with Gasteiger partial charge in [0.25, 0.3) is 5.91 Å². The van der Waals surface area contributed by atoms with Crippen molar-refractivity contribution in [2.75, 3.05) is 33.4 Å². The Morgan fingerprint density at radius 2 is 2.35 bits per heavy atom. The number of aromatic amines is 1. The molecule has 1 saturated heterocycles.